The Labute approximate surface area is 221 Å². The molecule has 0 unspecified atom stereocenters. The molecule has 198 valence electrons. The fourth-order valence-electron chi connectivity index (χ4n) is 5.50. The van der Waals surface area contributed by atoms with Crippen LogP contribution >= 0.6 is 11.3 Å². The molecule has 1 aromatic carbocycles. The summed E-state index contributed by atoms with van der Waals surface area (Å²) in [4.78, 5) is 26.5. The number of anilines is 1. The number of rotatable bonds is 7. The highest BCUT2D eigenvalue weighted by Crippen LogP contribution is 2.35. The number of carbonyl (C=O) groups is 1. The van der Waals surface area contributed by atoms with Crippen LogP contribution in [-0.4, -0.2) is 91.6 Å². The fraction of sp³-hybridized carbons (Fsp3) is 0.556. The van der Waals surface area contributed by atoms with Gasteiger partial charge in [-0.3, -0.25) is 9.69 Å². The van der Waals surface area contributed by atoms with E-state index in [1.165, 1.54) is 22.3 Å². The maximum absolute atomic E-state index is 12.7. The van der Waals surface area contributed by atoms with Crippen LogP contribution < -0.4 is 15.0 Å². The molecule has 1 amide bonds. The average molecular weight is 526 g/mol. The number of para-hydroxylation sites is 1. The lowest BCUT2D eigenvalue weighted by atomic mass is 9.94. The smallest absolute Gasteiger partial charge is 0.263 e. The number of carbonyl (C=O) groups excluding carboxylic acids is 1. The van der Waals surface area contributed by atoms with E-state index in [0.717, 1.165) is 79.2 Å². The predicted octanol–water partition coefficient (Wildman–Crippen LogP) is 2.85. The Morgan fingerprint density at radius 3 is 2.89 bits per heavy atom. The van der Waals surface area contributed by atoms with E-state index in [9.17, 15) is 4.79 Å². The van der Waals surface area contributed by atoms with Gasteiger partial charge in [0.15, 0.2) is 5.13 Å². The molecule has 1 atom stereocenters. The molecule has 10 heteroatoms. The van der Waals surface area contributed by atoms with E-state index >= 15 is 0 Å². The van der Waals surface area contributed by atoms with Gasteiger partial charge >= 0.3 is 0 Å². The number of thiazole rings is 1. The zero-order valence-electron chi connectivity index (χ0n) is 21.5. The molecule has 37 heavy (non-hydrogen) atoms. The van der Waals surface area contributed by atoms with Crippen LogP contribution in [0.2, 0.25) is 0 Å². The van der Waals surface area contributed by atoms with Gasteiger partial charge in [0.25, 0.3) is 5.91 Å². The van der Waals surface area contributed by atoms with Crippen molar-refractivity contribution in [3.63, 3.8) is 0 Å². The second-order valence-electron chi connectivity index (χ2n) is 10.7. The van der Waals surface area contributed by atoms with Crippen LogP contribution in [0.1, 0.15) is 34.8 Å². The molecule has 2 aromatic heterocycles. The van der Waals surface area contributed by atoms with Crippen LogP contribution in [0.25, 0.3) is 10.9 Å². The SMILES string of the molecule is CC1(C)Cc2nc(N3CCOC[C@@H]3Cc3c[nH]c4c(OCCN5CCOCC5)cccc34)sc2C(=O)N1. The van der Waals surface area contributed by atoms with Crippen molar-refractivity contribution < 1.29 is 19.0 Å². The van der Waals surface area contributed by atoms with Crippen LogP contribution in [-0.2, 0) is 22.3 Å². The van der Waals surface area contributed by atoms with Gasteiger partial charge in [-0.1, -0.05) is 23.5 Å². The van der Waals surface area contributed by atoms with Crippen molar-refractivity contribution in [3.05, 3.63) is 40.5 Å². The van der Waals surface area contributed by atoms with E-state index in [0.29, 0.717) is 19.8 Å². The van der Waals surface area contributed by atoms with Crippen molar-refractivity contribution in [2.75, 3.05) is 64.1 Å². The molecule has 6 rings (SSSR count). The lowest BCUT2D eigenvalue weighted by Gasteiger charge is -2.35. The van der Waals surface area contributed by atoms with Gasteiger partial charge in [0.1, 0.15) is 17.2 Å². The first kappa shape index (κ1) is 24.7. The molecule has 0 bridgehead atoms. The summed E-state index contributed by atoms with van der Waals surface area (Å²) >= 11 is 1.50. The molecule has 2 fully saturated rings. The van der Waals surface area contributed by atoms with Gasteiger partial charge in [0, 0.05) is 49.7 Å². The molecule has 2 saturated heterocycles. The van der Waals surface area contributed by atoms with E-state index in [1.54, 1.807) is 0 Å². The van der Waals surface area contributed by atoms with Gasteiger partial charge in [0.2, 0.25) is 0 Å². The van der Waals surface area contributed by atoms with E-state index in [-0.39, 0.29) is 17.5 Å². The molecule has 2 N–H and O–H groups in total. The summed E-state index contributed by atoms with van der Waals surface area (Å²) in [5.41, 5.74) is 2.90. The van der Waals surface area contributed by atoms with Crippen molar-refractivity contribution in [2.24, 2.45) is 0 Å². The quantitative estimate of drug-likeness (QED) is 0.490. The molecular formula is C27H35N5O4S. The van der Waals surface area contributed by atoms with E-state index in [2.05, 4.69) is 38.4 Å². The lowest BCUT2D eigenvalue weighted by molar-refractivity contribution is 0.0323. The number of aromatic amines is 1. The summed E-state index contributed by atoms with van der Waals surface area (Å²) < 4.78 is 17.5. The molecule has 0 radical (unpaired) electrons. The number of nitrogens with one attached hydrogen (secondary N) is 2. The molecule has 0 spiro atoms. The van der Waals surface area contributed by atoms with Gasteiger partial charge in [-0.25, -0.2) is 4.98 Å². The average Bonchev–Trinajstić information content (AvgIpc) is 3.49. The molecular weight excluding hydrogens is 490 g/mol. The highest BCUT2D eigenvalue weighted by molar-refractivity contribution is 7.17. The van der Waals surface area contributed by atoms with Crippen molar-refractivity contribution in [1.82, 2.24) is 20.2 Å². The fourth-order valence-corrected chi connectivity index (χ4v) is 6.57. The Morgan fingerprint density at radius 2 is 2.03 bits per heavy atom. The summed E-state index contributed by atoms with van der Waals surface area (Å²) in [6, 6.07) is 6.39. The molecule has 3 aliphatic rings. The summed E-state index contributed by atoms with van der Waals surface area (Å²) in [5.74, 6) is 0.868. The van der Waals surface area contributed by atoms with Crippen LogP contribution in [0.4, 0.5) is 5.13 Å². The minimum absolute atomic E-state index is 0.0161. The molecule has 0 aliphatic carbocycles. The minimum Gasteiger partial charge on any atom is -0.490 e. The molecule has 3 aliphatic heterocycles. The van der Waals surface area contributed by atoms with Gasteiger partial charge in [-0.05, 0) is 31.9 Å². The molecule has 3 aromatic rings. The monoisotopic (exact) mass is 525 g/mol. The predicted molar refractivity (Wildman–Crippen MR) is 144 cm³/mol. The summed E-state index contributed by atoms with van der Waals surface area (Å²) in [7, 11) is 0. The Kier molecular flexibility index (Phi) is 6.83. The van der Waals surface area contributed by atoms with E-state index in [4.69, 9.17) is 19.2 Å². The Morgan fingerprint density at radius 1 is 1.19 bits per heavy atom. The molecule has 0 saturated carbocycles. The van der Waals surface area contributed by atoms with Crippen molar-refractivity contribution in [2.45, 2.75) is 38.3 Å². The lowest BCUT2D eigenvalue weighted by Crippen LogP contribution is -2.48. The van der Waals surface area contributed by atoms with Crippen LogP contribution in [0.5, 0.6) is 5.75 Å². The Hall–Kier alpha value is -2.66. The van der Waals surface area contributed by atoms with E-state index in [1.807, 2.05) is 19.9 Å². The maximum atomic E-state index is 12.7. The summed E-state index contributed by atoms with van der Waals surface area (Å²) in [6.45, 7) is 11.2. The second kappa shape index (κ2) is 10.2. The van der Waals surface area contributed by atoms with Gasteiger partial charge in [0.05, 0.1) is 43.7 Å². The number of ether oxygens (including phenoxy) is 3. The number of amides is 1. The standard InChI is InChI=1S/C27H35N5O4S/c1-27(2)15-21-24(25(33)30-27)37-26(29-21)32-9-12-35-17-19(32)14-18-16-28-23-20(18)4-3-5-22(23)36-13-8-31-6-10-34-11-7-31/h3-5,16,19,28H,6-15,17H2,1-2H3,(H,30,33)/t19-/m0/s1. The zero-order valence-corrected chi connectivity index (χ0v) is 22.4. The third kappa shape index (κ3) is 5.20. The molecule has 5 heterocycles. The number of hydrogen-bond acceptors (Lipinski definition) is 8. The number of hydrogen-bond donors (Lipinski definition) is 2. The number of fused-ring (bicyclic) bond motifs is 2. The number of benzene rings is 1. The topological polar surface area (TPSA) is 92.0 Å². The van der Waals surface area contributed by atoms with Gasteiger partial charge in [-0.2, -0.15) is 0 Å². The number of nitrogens with zero attached hydrogens (tertiary/aromatic N) is 3. The Balaban J connectivity index is 1.18. The number of H-pyrrole nitrogens is 1. The van der Waals surface area contributed by atoms with Crippen molar-refractivity contribution in [1.29, 1.82) is 0 Å². The normalized spacial score (nSPS) is 22.2. The third-order valence-electron chi connectivity index (χ3n) is 7.41. The van der Waals surface area contributed by atoms with E-state index < -0.39 is 0 Å². The summed E-state index contributed by atoms with van der Waals surface area (Å²) in [6.07, 6.45) is 3.66. The van der Waals surface area contributed by atoms with Crippen LogP contribution in [0, 0.1) is 0 Å². The van der Waals surface area contributed by atoms with Gasteiger partial charge < -0.3 is 29.4 Å². The highest BCUT2D eigenvalue weighted by Gasteiger charge is 2.35. The van der Waals surface area contributed by atoms with Crippen molar-refractivity contribution in [3.8, 4) is 5.75 Å². The Bertz CT molecular complexity index is 1260. The first-order chi connectivity index (χ1) is 18.0. The minimum atomic E-state index is -0.272. The third-order valence-corrected chi connectivity index (χ3v) is 8.55. The van der Waals surface area contributed by atoms with Crippen LogP contribution in [0.15, 0.2) is 24.4 Å². The van der Waals surface area contributed by atoms with Crippen molar-refractivity contribution >= 4 is 33.3 Å². The first-order valence-electron chi connectivity index (χ1n) is 13.2. The maximum Gasteiger partial charge on any atom is 0.263 e. The first-order valence-corrected chi connectivity index (χ1v) is 14.0. The van der Waals surface area contributed by atoms with Crippen LogP contribution in [0.3, 0.4) is 0 Å². The van der Waals surface area contributed by atoms with Gasteiger partial charge in [-0.15, -0.1) is 0 Å². The highest BCUT2D eigenvalue weighted by atomic mass is 32.1. The number of aromatic nitrogens is 2. The number of morpholine rings is 2. The molecule has 9 nitrogen and oxygen atoms in total. The second-order valence-corrected chi connectivity index (χ2v) is 11.7. The largest absolute Gasteiger partial charge is 0.490 e. The zero-order chi connectivity index (χ0) is 25.4. The summed E-state index contributed by atoms with van der Waals surface area (Å²) in [5, 5.41) is 5.19.